The van der Waals surface area contributed by atoms with Crippen LogP contribution in [0.5, 0.6) is 0 Å². The molecule has 1 unspecified atom stereocenters. The number of rotatable bonds is 3. The van der Waals surface area contributed by atoms with Gasteiger partial charge >= 0.3 is 0 Å². The molecule has 2 aromatic rings. The van der Waals surface area contributed by atoms with Gasteiger partial charge in [0.1, 0.15) is 0 Å². The largest absolute Gasteiger partial charge is 0.323 e. The van der Waals surface area contributed by atoms with Gasteiger partial charge in [0.05, 0.1) is 5.01 Å². The van der Waals surface area contributed by atoms with Gasteiger partial charge in [-0.3, -0.25) is 4.98 Å². The third-order valence-electron chi connectivity index (χ3n) is 2.21. The minimum atomic E-state index is 0.0404. The lowest BCUT2D eigenvalue weighted by Gasteiger charge is -2.08. The number of thiazole rings is 1. The van der Waals surface area contributed by atoms with Crippen LogP contribution in [-0.2, 0) is 6.42 Å². The summed E-state index contributed by atoms with van der Waals surface area (Å²) in [7, 11) is 0. The molecule has 0 aliphatic rings. The molecule has 0 spiro atoms. The molecule has 1 atom stereocenters. The summed E-state index contributed by atoms with van der Waals surface area (Å²) < 4.78 is 0. The summed E-state index contributed by atoms with van der Waals surface area (Å²) in [5, 5.41) is 1.06. The highest BCUT2D eigenvalue weighted by molar-refractivity contribution is 7.11. The zero-order valence-corrected chi connectivity index (χ0v) is 9.37. The molecule has 0 aliphatic carbocycles. The van der Waals surface area contributed by atoms with Gasteiger partial charge in [-0.1, -0.05) is 0 Å². The molecule has 0 saturated heterocycles. The molecule has 2 aromatic heterocycles. The summed E-state index contributed by atoms with van der Waals surface area (Å²) in [6.07, 6.45) is 6.29. The number of aromatic nitrogens is 2. The lowest BCUT2D eigenvalue weighted by molar-refractivity contribution is 0.733. The van der Waals surface area contributed by atoms with E-state index in [1.165, 1.54) is 5.56 Å². The summed E-state index contributed by atoms with van der Waals surface area (Å²) in [5.74, 6) is 0. The predicted molar refractivity (Wildman–Crippen MR) is 61.7 cm³/mol. The topological polar surface area (TPSA) is 51.8 Å². The molecule has 4 heteroatoms. The fourth-order valence-corrected chi connectivity index (χ4v) is 2.21. The van der Waals surface area contributed by atoms with Crippen LogP contribution >= 0.6 is 11.3 Å². The Morgan fingerprint density at radius 1 is 1.40 bits per heavy atom. The van der Waals surface area contributed by atoms with Gasteiger partial charge in [0.2, 0.25) is 0 Å². The van der Waals surface area contributed by atoms with Gasteiger partial charge in [-0.15, -0.1) is 11.3 Å². The minimum Gasteiger partial charge on any atom is -0.323 e. The van der Waals surface area contributed by atoms with E-state index in [1.807, 2.05) is 25.3 Å². The van der Waals surface area contributed by atoms with Crippen molar-refractivity contribution in [2.75, 3.05) is 0 Å². The number of hydrogen-bond acceptors (Lipinski definition) is 4. The Morgan fingerprint density at radius 3 is 2.73 bits per heavy atom. The van der Waals surface area contributed by atoms with Gasteiger partial charge in [0.15, 0.2) is 0 Å². The van der Waals surface area contributed by atoms with Crippen LogP contribution in [0.4, 0.5) is 0 Å². The van der Waals surface area contributed by atoms with E-state index in [4.69, 9.17) is 5.73 Å². The van der Waals surface area contributed by atoms with Crippen molar-refractivity contribution >= 4 is 11.3 Å². The molecule has 0 amide bonds. The fourth-order valence-electron chi connectivity index (χ4n) is 1.42. The highest BCUT2D eigenvalue weighted by atomic mass is 32.1. The Kier molecular flexibility index (Phi) is 3.08. The SMILES string of the molecule is Cc1ncc(C(N)Cc2ccncc2)s1. The lowest BCUT2D eigenvalue weighted by Crippen LogP contribution is -2.11. The van der Waals surface area contributed by atoms with Crippen LogP contribution in [0, 0.1) is 6.92 Å². The smallest absolute Gasteiger partial charge is 0.0897 e. The molecule has 3 nitrogen and oxygen atoms in total. The second kappa shape index (κ2) is 4.51. The lowest BCUT2D eigenvalue weighted by atomic mass is 10.1. The van der Waals surface area contributed by atoms with E-state index in [1.54, 1.807) is 23.7 Å². The Bertz CT molecular complexity index is 424. The number of aryl methyl sites for hydroxylation is 1. The molecule has 2 rings (SSSR count). The van der Waals surface area contributed by atoms with Crippen LogP contribution in [0.3, 0.4) is 0 Å². The normalized spacial score (nSPS) is 12.7. The van der Waals surface area contributed by atoms with Gasteiger partial charge in [0, 0.05) is 29.5 Å². The summed E-state index contributed by atoms with van der Waals surface area (Å²) in [4.78, 5) is 9.33. The molecule has 0 aromatic carbocycles. The standard InChI is InChI=1S/C11H13N3S/c1-8-14-7-11(15-8)10(12)6-9-2-4-13-5-3-9/h2-5,7,10H,6,12H2,1H3. The van der Waals surface area contributed by atoms with E-state index < -0.39 is 0 Å². The van der Waals surface area contributed by atoms with Crippen molar-refractivity contribution in [1.29, 1.82) is 0 Å². The molecule has 2 N–H and O–H groups in total. The third kappa shape index (κ3) is 2.61. The van der Waals surface area contributed by atoms with Crippen LogP contribution < -0.4 is 5.73 Å². The van der Waals surface area contributed by atoms with Crippen LogP contribution in [0.25, 0.3) is 0 Å². The molecule has 78 valence electrons. The molecular formula is C11H13N3S. The Morgan fingerprint density at radius 2 is 2.13 bits per heavy atom. The van der Waals surface area contributed by atoms with Crippen LogP contribution in [-0.4, -0.2) is 9.97 Å². The maximum atomic E-state index is 6.09. The van der Waals surface area contributed by atoms with E-state index >= 15 is 0 Å². The maximum Gasteiger partial charge on any atom is 0.0897 e. The number of nitrogens with zero attached hydrogens (tertiary/aromatic N) is 2. The molecular weight excluding hydrogens is 206 g/mol. The van der Waals surface area contributed by atoms with E-state index in [-0.39, 0.29) is 6.04 Å². The second-order valence-electron chi connectivity index (χ2n) is 3.45. The average molecular weight is 219 g/mol. The highest BCUT2D eigenvalue weighted by Crippen LogP contribution is 2.21. The van der Waals surface area contributed by atoms with Crippen molar-refractivity contribution in [2.24, 2.45) is 5.73 Å². The molecule has 2 heterocycles. The molecule has 0 fully saturated rings. The first-order chi connectivity index (χ1) is 7.25. The summed E-state index contributed by atoms with van der Waals surface area (Å²) in [5.41, 5.74) is 7.30. The molecule has 0 radical (unpaired) electrons. The van der Waals surface area contributed by atoms with Crippen molar-refractivity contribution in [3.05, 3.63) is 46.2 Å². The molecule has 0 aliphatic heterocycles. The summed E-state index contributed by atoms with van der Waals surface area (Å²) in [6.45, 7) is 1.99. The van der Waals surface area contributed by atoms with Crippen molar-refractivity contribution in [3.8, 4) is 0 Å². The van der Waals surface area contributed by atoms with E-state index in [0.29, 0.717) is 0 Å². The van der Waals surface area contributed by atoms with Gasteiger partial charge in [-0.25, -0.2) is 4.98 Å². The Hall–Kier alpha value is -1.26. The van der Waals surface area contributed by atoms with Crippen LogP contribution in [0.2, 0.25) is 0 Å². The summed E-state index contributed by atoms with van der Waals surface area (Å²) in [6, 6.07) is 4.03. The number of nitrogens with two attached hydrogens (primary N) is 1. The van der Waals surface area contributed by atoms with Crippen molar-refractivity contribution in [1.82, 2.24) is 9.97 Å². The Balaban J connectivity index is 2.07. The fraction of sp³-hybridized carbons (Fsp3) is 0.273. The van der Waals surface area contributed by atoms with Crippen LogP contribution in [0.15, 0.2) is 30.7 Å². The first-order valence-electron chi connectivity index (χ1n) is 4.82. The van der Waals surface area contributed by atoms with E-state index in [0.717, 1.165) is 16.3 Å². The van der Waals surface area contributed by atoms with Crippen molar-refractivity contribution < 1.29 is 0 Å². The van der Waals surface area contributed by atoms with Gasteiger partial charge in [0.25, 0.3) is 0 Å². The quantitative estimate of drug-likeness (QED) is 0.860. The molecule has 15 heavy (non-hydrogen) atoms. The van der Waals surface area contributed by atoms with Crippen LogP contribution in [0.1, 0.15) is 21.5 Å². The summed E-state index contributed by atoms with van der Waals surface area (Å²) >= 11 is 1.66. The van der Waals surface area contributed by atoms with Crippen molar-refractivity contribution in [2.45, 2.75) is 19.4 Å². The van der Waals surface area contributed by atoms with E-state index in [2.05, 4.69) is 9.97 Å². The monoisotopic (exact) mass is 219 g/mol. The molecule has 0 bridgehead atoms. The number of pyridine rings is 1. The van der Waals surface area contributed by atoms with Gasteiger partial charge in [-0.05, 0) is 31.0 Å². The maximum absolute atomic E-state index is 6.09. The van der Waals surface area contributed by atoms with Gasteiger partial charge in [-0.2, -0.15) is 0 Å². The van der Waals surface area contributed by atoms with E-state index in [9.17, 15) is 0 Å². The zero-order chi connectivity index (χ0) is 10.7. The second-order valence-corrected chi connectivity index (χ2v) is 4.71. The minimum absolute atomic E-state index is 0.0404. The first-order valence-corrected chi connectivity index (χ1v) is 5.64. The predicted octanol–water partition coefficient (Wildman–Crippen LogP) is 2.09. The third-order valence-corrected chi connectivity index (χ3v) is 3.25. The van der Waals surface area contributed by atoms with Crippen molar-refractivity contribution in [3.63, 3.8) is 0 Å². The molecule has 0 saturated carbocycles. The average Bonchev–Trinajstić information content (AvgIpc) is 2.66. The number of hydrogen-bond donors (Lipinski definition) is 1. The van der Waals surface area contributed by atoms with Gasteiger partial charge < -0.3 is 5.73 Å². The zero-order valence-electron chi connectivity index (χ0n) is 8.55. The first kappa shape index (κ1) is 10.3. The highest BCUT2D eigenvalue weighted by Gasteiger charge is 2.09. The Labute approximate surface area is 93.0 Å².